The highest BCUT2D eigenvalue weighted by Gasteiger charge is 2.12. The summed E-state index contributed by atoms with van der Waals surface area (Å²) < 4.78 is 0. The second kappa shape index (κ2) is 8.17. The number of halogens is 1. The molecular formula is C18H12ClN3OS2. The van der Waals surface area contributed by atoms with Gasteiger partial charge in [0.25, 0.3) is 0 Å². The number of rotatable bonds is 5. The number of nitriles is 1. The SMILES string of the molecule is N#Cc1ccc(-c2cccs2)nc1SCC(=O)Nc1ccccc1Cl. The first-order valence-electron chi connectivity index (χ1n) is 7.29. The van der Waals surface area contributed by atoms with E-state index in [1.165, 1.54) is 11.8 Å². The number of amides is 1. The van der Waals surface area contributed by atoms with Crippen molar-refractivity contribution in [1.29, 1.82) is 5.26 Å². The predicted octanol–water partition coefficient (Wildman–Crippen LogP) is 5.07. The van der Waals surface area contributed by atoms with Gasteiger partial charge in [0.2, 0.25) is 5.91 Å². The van der Waals surface area contributed by atoms with Crippen LogP contribution in [0.2, 0.25) is 5.02 Å². The summed E-state index contributed by atoms with van der Waals surface area (Å²) >= 11 is 8.84. The number of para-hydroxylation sites is 1. The third-order valence-corrected chi connectivity index (χ3v) is 5.46. The number of hydrogen-bond acceptors (Lipinski definition) is 5. The third kappa shape index (κ3) is 4.40. The van der Waals surface area contributed by atoms with Crippen LogP contribution in [0.5, 0.6) is 0 Å². The molecule has 0 saturated heterocycles. The monoisotopic (exact) mass is 385 g/mol. The molecule has 25 heavy (non-hydrogen) atoms. The molecule has 0 saturated carbocycles. The van der Waals surface area contributed by atoms with Crippen LogP contribution in [-0.2, 0) is 4.79 Å². The van der Waals surface area contributed by atoms with Crippen LogP contribution in [0.3, 0.4) is 0 Å². The molecule has 1 amide bonds. The molecule has 0 bridgehead atoms. The second-order valence-corrected chi connectivity index (χ2v) is 7.27. The molecule has 4 nitrogen and oxygen atoms in total. The molecule has 1 aromatic carbocycles. The number of thiophene rings is 1. The van der Waals surface area contributed by atoms with Crippen molar-refractivity contribution in [3.63, 3.8) is 0 Å². The van der Waals surface area contributed by atoms with Crippen molar-refractivity contribution in [3.8, 4) is 16.6 Å². The number of carbonyl (C=O) groups is 1. The Morgan fingerprint density at radius 2 is 2.08 bits per heavy atom. The summed E-state index contributed by atoms with van der Waals surface area (Å²) in [5, 5.41) is 15.0. The van der Waals surface area contributed by atoms with Crippen molar-refractivity contribution in [2.75, 3.05) is 11.1 Å². The minimum absolute atomic E-state index is 0.140. The van der Waals surface area contributed by atoms with Crippen LogP contribution >= 0.6 is 34.7 Å². The first kappa shape index (κ1) is 17.5. The van der Waals surface area contributed by atoms with Crippen molar-refractivity contribution >= 4 is 46.3 Å². The van der Waals surface area contributed by atoms with E-state index in [9.17, 15) is 10.1 Å². The molecule has 2 heterocycles. The summed E-state index contributed by atoms with van der Waals surface area (Å²) in [7, 11) is 0. The maximum Gasteiger partial charge on any atom is 0.234 e. The van der Waals surface area contributed by atoms with Gasteiger partial charge in [-0.05, 0) is 35.7 Å². The Bertz CT molecular complexity index is 936. The van der Waals surface area contributed by atoms with E-state index >= 15 is 0 Å². The molecule has 3 aromatic rings. The smallest absolute Gasteiger partial charge is 0.234 e. The largest absolute Gasteiger partial charge is 0.324 e. The average Bonchev–Trinajstić information content (AvgIpc) is 3.16. The number of pyridine rings is 1. The van der Waals surface area contributed by atoms with Crippen LogP contribution in [0, 0.1) is 11.3 Å². The van der Waals surface area contributed by atoms with Gasteiger partial charge in [0.1, 0.15) is 11.1 Å². The fraction of sp³-hybridized carbons (Fsp3) is 0.0556. The highest BCUT2D eigenvalue weighted by Crippen LogP contribution is 2.28. The molecule has 0 atom stereocenters. The number of thioether (sulfide) groups is 1. The van der Waals surface area contributed by atoms with E-state index in [1.807, 2.05) is 23.6 Å². The van der Waals surface area contributed by atoms with Gasteiger partial charge >= 0.3 is 0 Å². The van der Waals surface area contributed by atoms with E-state index in [0.717, 1.165) is 10.6 Å². The lowest BCUT2D eigenvalue weighted by Gasteiger charge is -2.08. The molecule has 0 unspecified atom stereocenters. The van der Waals surface area contributed by atoms with Gasteiger partial charge in [0.05, 0.1) is 32.6 Å². The molecule has 7 heteroatoms. The van der Waals surface area contributed by atoms with Gasteiger partial charge in [-0.3, -0.25) is 4.79 Å². The predicted molar refractivity (Wildman–Crippen MR) is 103 cm³/mol. The molecule has 0 aliphatic rings. The number of benzene rings is 1. The Balaban J connectivity index is 1.72. The summed E-state index contributed by atoms with van der Waals surface area (Å²) in [5.74, 6) is -0.0637. The molecule has 0 spiro atoms. The normalized spacial score (nSPS) is 10.2. The van der Waals surface area contributed by atoms with Gasteiger partial charge in [-0.1, -0.05) is 41.6 Å². The van der Waals surface area contributed by atoms with Crippen molar-refractivity contribution in [2.24, 2.45) is 0 Å². The maximum atomic E-state index is 12.2. The van der Waals surface area contributed by atoms with E-state index in [2.05, 4.69) is 16.4 Å². The zero-order valence-electron chi connectivity index (χ0n) is 12.9. The highest BCUT2D eigenvalue weighted by atomic mass is 35.5. The van der Waals surface area contributed by atoms with Crippen LogP contribution in [0.15, 0.2) is 58.9 Å². The molecular weight excluding hydrogens is 374 g/mol. The van der Waals surface area contributed by atoms with Gasteiger partial charge in [0, 0.05) is 0 Å². The Kier molecular flexibility index (Phi) is 5.71. The summed E-state index contributed by atoms with van der Waals surface area (Å²) in [6, 6.07) is 16.6. The van der Waals surface area contributed by atoms with Crippen molar-refractivity contribution < 1.29 is 4.79 Å². The van der Waals surface area contributed by atoms with Crippen molar-refractivity contribution in [1.82, 2.24) is 4.98 Å². The number of carbonyl (C=O) groups excluding carboxylic acids is 1. The summed E-state index contributed by atoms with van der Waals surface area (Å²) in [4.78, 5) is 17.7. The minimum atomic E-state index is -0.203. The standard InChI is InChI=1S/C18H12ClN3OS2/c19-13-4-1-2-5-14(13)21-17(23)11-25-18-12(10-20)7-8-15(22-18)16-6-3-9-24-16/h1-9H,11H2,(H,21,23). The van der Waals surface area contributed by atoms with Crippen molar-refractivity contribution in [2.45, 2.75) is 5.03 Å². The van der Waals surface area contributed by atoms with Crippen LogP contribution in [0.4, 0.5) is 5.69 Å². The zero-order valence-corrected chi connectivity index (χ0v) is 15.3. The molecule has 0 radical (unpaired) electrons. The Labute approximate surface area is 158 Å². The Hall–Kier alpha value is -2.33. The van der Waals surface area contributed by atoms with Gasteiger partial charge in [-0.2, -0.15) is 5.26 Å². The van der Waals surface area contributed by atoms with Crippen LogP contribution in [0.1, 0.15) is 5.56 Å². The lowest BCUT2D eigenvalue weighted by molar-refractivity contribution is -0.113. The van der Waals surface area contributed by atoms with E-state index in [1.54, 1.807) is 41.7 Å². The first-order valence-corrected chi connectivity index (χ1v) is 9.54. The topological polar surface area (TPSA) is 65.8 Å². The fourth-order valence-electron chi connectivity index (χ4n) is 2.08. The van der Waals surface area contributed by atoms with Gasteiger partial charge in [-0.15, -0.1) is 11.3 Å². The molecule has 1 N–H and O–H groups in total. The number of nitrogens with zero attached hydrogens (tertiary/aromatic N) is 2. The first-order chi connectivity index (χ1) is 12.2. The Morgan fingerprint density at radius 3 is 2.80 bits per heavy atom. The van der Waals surface area contributed by atoms with E-state index in [4.69, 9.17) is 11.6 Å². The Morgan fingerprint density at radius 1 is 1.24 bits per heavy atom. The average molecular weight is 386 g/mol. The summed E-state index contributed by atoms with van der Waals surface area (Å²) in [6.45, 7) is 0. The summed E-state index contributed by atoms with van der Waals surface area (Å²) in [6.07, 6.45) is 0. The lowest BCUT2D eigenvalue weighted by atomic mass is 10.2. The quantitative estimate of drug-likeness (QED) is 0.623. The maximum absolute atomic E-state index is 12.2. The van der Waals surface area contributed by atoms with Crippen LogP contribution in [0.25, 0.3) is 10.6 Å². The van der Waals surface area contributed by atoms with Crippen molar-refractivity contribution in [3.05, 3.63) is 64.5 Å². The fourth-order valence-corrected chi connectivity index (χ4v) is 3.73. The molecule has 124 valence electrons. The van der Waals surface area contributed by atoms with E-state index in [-0.39, 0.29) is 11.7 Å². The third-order valence-electron chi connectivity index (χ3n) is 3.24. The molecule has 0 aliphatic carbocycles. The van der Waals surface area contributed by atoms with Gasteiger partial charge in [-0.25, -0.2) is 4.98 Å². The van der Waals surface area contributed by atoms with Crippen LogP contribution < -0.4 is 5.32 Å². The van der Waals surface area contributed by atoms with Gasteiger partial charge in [0.15, 0.2) is 0 Å². The summed E-state index contributed by atoms with van der Waals surface area (Å²) in [5.41, 5.74) is 1.81. The number of nitrogens with one attached hydrogen (secondary N) is 1. The van der Waals surface area contributed by atoms with Gasteiger partial charge < -0.3 is 5.32 Å². The second-order valence-electron chi connectivity index (χ2n) is 4.96. The molecule has 2 aromatic heterocycles. The number of anilines is 1. The molecule has 0 fully saturated rings. The highest BCUT2D eigenvalue weighted by molar-refractivity contribution is 8.00. The number of aromatic nitrogens is 1. The van der Waals surface area contributed by atoms with E-state index < -0.39 is 0 Å². The zero-order chi connectivity index (χ0) is 17.6. The molecule has 3 rings (SSSR count). The number of hydrogen-bond donors (Lipinski definition) is 1. The van der Waals surface area contributed by atoms with E-state index in [0.29, 0.717) is 21.3 Å². The lowest BCUT2D eigenvalue weighted by Crippen LogP contribution is -2.14. The molecule has 0 aliphatic heterocycles. The van der Waals surface area contributed by atoms with Crippen LogP contribution in [-0.4, -0.2) is 16.6 Å². The minimum Gasteiger partial charge on any atom is -0.324 e.